The topological polar surface area (TPSA) is 78.1 Å². The largest absolute Gasteiger partial charge is 0.352 e. The molecule has 1 saturated heterocycles. The van der Waals surface area contributed by atoms with Crippen LogP contribution in [-0.4, -0.2) is 46.5 Å². The maximum Gasteiger partial charge on any atom is 0.252 e. The molecule has 0 saturated carbocycles. The van der Waals surface area contributed by atoms with Crippen molar-refractivity contribution in [2.75, 3.05) is 19.6 Å². The molecule has 0 unspecified atom stereocenters. The van der Waals surface area contributed by atoms with Crippen molar-refractivity contribution in [3.63, 3.8) is 0 Å². The Balaban J connectivity index is 1.61. The second-order valence-electron chi connectivity index (χ2n) is 5.94. The lowest BCUT2D eigenvalue weighted by Gasteiger charge is -2.31. The molecule has 6 nitrogen and oxygen atoms in total. The van der Waals surface area contributed by atoms with Crippen LogP contribution in [-0.2, 0) is 4.79 Å². The summed E-state index contributed by atoms with van der Waals surface area (Å²) in [6, 6.07) is 3.41. The number of nitrogens with zero attached hydrogens (tertiary/aromatic N) is 2. The first-order valence-electron chi connectivity index (χ1n) is 7.71. The Morgan fingerprint density at radius 3 is 2.83 bits per heavy atom. The Morgan fingerprint density at radius 1 is 1.39 bits per heavy atom. The summed E-state index contributed by atoms with van der Waals surface area (Å²) in [4.78, 5) is 25.6. The lowest BCUT2D eigenvalue weighted by molar-refractivity contribution is -0.130. The van der Waals surface area contributed by atoms with E-state index < -0.39 is 0 Å². The van der Waals surface area contributed by atoms with Crippen molar-refractivity contribution in [2.45, 2.75) is 19.8 Å². The van der Waals surface area contributed by atoms with Crippen LogP contribution in [0, 0.1) is 5.92 Å². The van der Waals surface area contributed by atoms with Crippen LogP contribution in [0.25, 0.3) is 10.9 Å². The zero-order valence-electron chi connectivity index (χ0n) is 12.9. The average Bonchev–Trinajstić information content (AvgIpc) is 3.00. The van der Waals surface area contributed by atoms with Gasteiger partial charge in [-0.2, -0.15) is 5.10 Å². The van der Waals surface area contributed by atoms with Gasteiger partial charge in [0.2, 0.25) is 5.91 Å². The lowest BCUT2D eigenvalue weighted by Crippen LogP contribution is -2.40. The summed E-state index contributed by atoms with van der Waals surface area (Å²) in [6.45, 7) is 3.73. The number of hydrogen-bond donors (Lipinski definition) is 2. The van der Waals surface area contributed by atoms with Crippen LogP contribution in [0.3, 0.4) is 0 Å². The summed E-state index contributed by atoms with van der Waals surface area (Å²) >= 11 is 6.05. The minimum Gasteiger partial charge on any atom is -0.352 e. The van der Waals surface area contributed by atoms with Crippen LogP contribution in [0.4, 0.5) is 0 Å². The van der Waals surface area contributed by atoms with E-state index in [0.717, 1.165) is 36.8 Å². The summed E-state index contributed by atoms with van der Waals surface area (Å²) in [5, 5.41) is 11.0. The second-order valence-corrected chi connectivity index (χ2v) is 6.38. The normalized spacial score (nSPS) is 15.8. The Labute approximate surface area is 139 Å². The number of carbonyl (C=O) groups is 2. The number of carbonyl (C=O) groups excluding carboxylic acids is 2. The number of fused-ring (bicyclic) bond motifs is 1. The summed E-state index contributed by atoms with van der Waals surface area (Å²) in [7, 11) is 0. The molecule has 3 rings (SSSR count). The predicted molar refractivity (Wildman–Crippen MR) is 88.4 cm³/mol. The van der Waals surface area contributed by atoms with Crippen molar-refractivity contribution in [3.05, 3.63) is 28.9 Å². The molecule has 0 aliphatic carbocycles. The number of rotatable bonds is 3. The van der Waals surface area contributed by atoms with Gasteiger partial charge < -0.3 is 10.2 Å². The van der Waals surface area contributed by atoms with Gasteiger partial charge in [0.05, 0.1) is 17.3 Å². The van der Waals surface area contributed by atoms with Crippen LogP contribution in [0.15, 0.2) is 18.3 Å². The smallest absolute Gasteiger partial charge is 0.252 e. The maximum atomic E-state index is 12.4. The quantitative estimate of drug-likeness (QED) is 0.903. The number of likely N-dealkylation sites (tertiary alicyclic amines) is 1. The third-order valence-electron chi connectivity index (χ3n) is 4.38. The van der Waals surface area contributed by atoms with E-state index in [1.807, 2.05) is 4.90 Å². The van der Waals surface area contributed by atoms with Crippen LogP contribution >= 0.6 is 11.6 Å². The van der Waals surface area contributed by atoms with E-state index >= 15 is 0 Å². The molecule has 1 aliphatic rings. The molecular weight excluding hydrogens is 316 g/mol. The Bertz CT molecular complexity index is 735. The predicted octanol–water partition coefficient (Wildman–Crippen LogP) is 2.20. The minimum absolute atomic E-state index is 0.119. The second kappa shape index (κ2) is 6.58. The molecule has 2 amide bonds. The highest BCUT2D eigenvalue weighted by atomic mass is 35.5. The maximum absolute atomic E-state index is 12.4. The number of aromatic amines is 1. The molecule has 0 bridgehead atoms. The molecule has 2 aromatic rings. The minimum atomic E-state index is -0.145. The number of hydrogen-bond acceptors (Lipinski definition) is 3. The fourth-order valence-corrected chi connectivity index (χ4v) is 3.21. The van der Waals surface area contributed by atoms with Gasteiger partial charge in [0.1, 0.15) is 0 Å². The van der Waals surface area contributed by atoms with Crippen LogP contribution in [0.1, 0.15) is 30.1 Å². The average molecular weight is 335 g/mol. The van der Waals surface area contributed by atoms with Gasteiger partial charge in [0, 0.05) is 37.0 Å². The third kappa shape index (κ3) is 3.47. The van der Waals surface area contributed by atoms with Gasteiger partial charge >= 0.3 is 0 Å². The number of H-pyrrole nitrogens is 1. The van der Waals surface area contributed by atoms with Crippen LogP contribution in [0.5, 0.6) is 0 Å². The summed E-state index contributed by atoms with van der Waals surface area (Å²) in [6.07, 6.45) is 3.46. The first kappa shape index (κ1) is 15.8. The molecular formula is C16H19ClN4O2. The van der Waals surface area contributed by atoms with Gasteiger partial charge in [-0.15, -0.1) is 0 Å². The number of piperidine rings is 1. The Hall–Kier alpha value is -2.08. The lowest BCUT2D eigenvalue weighted by atomic mass is 9.96. The van der Waals surface area contributed by atoms with E-state index in [1.54, 1.807) is 25.3 Å². The zero-order chi connectivity index (χ0) is 16.4. The van der Waals surface area contributed by atoms with E-state index in [4.69, 9.17) is 11.6 Å². The van der Waals surface area contributed by atoms with Crippen LogP contribution < -0.4 is 5.32 Å². The fraction of sp³-hybridized carbons (Fsp3) is 0.438. The number of halogens is 1. The number of benzene rings is 1. The summed E-state index contributed by atoms with van der Waals surface area (Å²) < 4.78 is 0. The van der Waals surface area contributed by atoms with Crippen molar-refractivity contribution in [1.29, 1.82) is 0 Å². The summed E-state index contributed by atoms with van der Waals surface area (Å²) in [5.74, 6) is 0.371. The molecule has 2 heterocycles. The fourth-order valence-electron chi connectivity index (χ4n) is 2.99. The molecule has 0 radical (unpaired) electrons. The van der Waals surface area contributed by atoms with Crippen molar-refractivity contribution in [3.8, 4) is 0 Å². The van der Waals surface area contributed by atoms with Crippen molar-refractivity contribution in [2.24, 2.45) is 5.92 Å². The van der Waals surface area contributed by atoms with Gasteiger partial charge in [-0.25, -0.2) is 0 Å². The Morgan fingerprint density at radius 2 is 2.13 bits per heavy atom. The van der Waals surface area contributed by atoms with Gasteiger partial charge in [0.25, 0.3) is 5.91 Å². The molecule has 0 atom stereocenters. The molecule has 7 heteroatoms. The van der Waals surface area contributed by atoms with Gasteiger partial charge in [-0.3, -0.25) is 14.7 Å². The van der Waals surface area contributed by atoms with Crippen LogP contribution in [0.2, 0.25) is 5.02 Å². The van der Waals surface area contributed by atoms with E-state index in [1.165, 1.54) is 0 Å². The first-order chi connectivity index (χ1) is 11.0. The van der Waals surface area contributed by atoms with Crippen molar-refractivity contribution < 1.29 is 9.59 Å². The van der Waals surface area contributed by atoms with Gasteiger partial charge in [0.15, 0.2) is 0 Å². The van der Waals surface area contributed by atoms with E-state index in [0.29, 0.717) is 23.0 Å². The molecule has 0 spiro atoms. The zero-order valence-corrected chi connectivity index (χ0v) is 13.7. The van der Waals surface area contributed by atoms with Gasteiger partial charge in [-0.1, -0.05) is 11.6 Å². The highest BCUT2D eigenvalue weighted by Gasteiger charge is 2.21. The first-order valence-corrected chi connectivity index (χ1v) is 8.08. The van der Waals surface area contributed by atoms with E-state index in [-0.39, 0.29) is 11.8 Å². The molecule has 23 heavy (non-hydrogen) atoms. The van der Waals surface area contributed by atoms with E-state index in [2.05, 4.69) is 15.5 Å². The van der Waals surface area contributed by atoms with E-state index in [9.17, 15) is 9.59 Å². The number of aromatic nitrogens is 2. The molecule has 1 aromatic heterocycles. The Kier molecular flexibility index (Phi) is 4.52. The monoisotopic (exact) mass is 334 g/mol. The highest BCUT2D eigenvalue weighted by Crippen LogP contribution is 2.22. The third-order valence-corrected chi connectivity index (χ3v) is 4.60. The number of amides is 2. The highest BCUT2D eigenvalue weighted by molar-refractivity contribution is 6.32. The molecule has 1 aliphatic heterocycles. The van der Waals surface area contributed by atoms with Gasteiger partial charge in [-0.05, 0) is 30.9 Å². The standard InChI is InChI=1S/C16H19ClN4O2/c1-10(22)21-4-2-11(3-5-21)8-18-16(23)13-6-12(17)7-15-14(13)9-19-20-15/h6-7,9,11H,2-5,8H2,1H3,(H,18,23)(H,19,20). The SMILES string of the molecule is CC(=O)N1CCC(CNC(=O)c2cc(Cl)cc3[nH]ncc23)CC1. The molecule has 2 N–H and O–H groups in total. The van der Waals surface area contributed by atoms with Crippen molar-refractivity contribution in [1.82, 2.24) is 20.4 Å². The van der Waals surface area contributed by atoms with Crippen molar-refractivity contribution >= 4 is 34.3 Å². The molecule has 1 fully saturated rings. The number of nitrogens with one attached hydrogen (secondary N) is 2. The molecule has 122 valence electrons. The molecule has 1 aromatic carbocycles. The summed E-state index contributed by atoms with van der Waals surface area (Å²) in [5.41, 5.74) is 1.28.